The number of halogens is 1. The van der Waals surface area contributed by atoms with Crippen LogP contribution in [-0.4, -0.2) is 36.1 Å². The lowest BCUT2D eigenvalue weighted by molar-refractivity contribution is 0.104. The van der Waals surface area contributed by atoms with Gasteiger partial charge in [0, 0.05) is 30.6 Å². The fourth-order valence-corrected chi connectivity index (χ4v) is 3.33. The predicted octanol–water partition coefficient (Wildman–Crippen LogP) is 3.76. The van der Waals surface area contributed by atoms with Gasteiger partial charge in [-0.15, -0.1) is 10.2 Å². The summed E-state index contributed by atoms with van der Waals surface area (Å²) in [7, 11) is 0. The molecule has 0 spiro atoms. The number of aliphatic hydroxyl groups is 1. The molecule has 156 valence electrons. The minimum atomic E-state index is -0.362. The molecule has 2 aromatic heterocycles. The van der Waals surface area contributed by atoms with E-state index in [0.717, 1.165) is 29.2 Å². The molecule has 0 radical (unpaired) electrons. The van der Waals surface area contributed by atoms with Gasteiger partial charge in [-0.1, -0.05) is 42.5 Å². The Morgan fingerprint density at radius 1 is 1.03 bits per heavy atom. The summed E-state index contributed by atoms with van der Waals surface area (Å²) in [6.07, 6.45) is 6.17. The smallest absolute Gasteiger partial charge is 0.239 e. The van der Waals surface area contributed by atoms with Crippen molar-refractivity contribution in [2.75, 3.05) is 0 Å². The zero-order valence-corrected chi connectivity index (χ0v) is 16.6. The molecule has 0 fully saturated rings. The molecule has 0 atom stereocenters. The van der Waals surface area contributed by atoms with Crippen molar-refractivity contribution in [3.63, 3.8) is 0 Å². The second-order valence-electron chi connectivity index (χ2n) is 7.11. The maximum atomic E-state index is 13.2. The number of nitrogens with zero attached hydrogens (tertiary/aromatic N) is 4. The number of tetrazole rings is 1. The molecule has 2 aromatic carbocycles. The highest BCUT2D eigenvalue weighted by Gasteiger charge is 2.16. The van der Waals surface area contributed by atoms with Crippen LogP contribution in [0.3, 0.4) is 0 Å². The van der Waals surface area contributed by atoms with Crippen LogP contribution in [0.15, 0.2) is 73.1 Å². The number of rotatable bonds is 8. The van der Waals surface area contributed by atoms with Crippen molar-refractivity contribution in [1.82, 2.24) is 25.2 Å². The standard InChI is InChI=1S/C23H20FN5O2/c24-19-10-7-17(8-11-19)13-29-14-18(9-6-16-4-2-1-3-5-16)20(15-29)21(30)12-22(31)23-25-27-28-26-23/h1-5,7-8,10-12,14-15,31H,6,9,13H2,(H,25,26,27,28). The number of benzene rings is 2. The lowest BCUT2D eigenvalue weighted by Gasteiger charge is -2.03. The molecule has 0 aliphatic rings. The Balaban J connectivity index is 1.60. The van der Waals surface area contributed by atoms with Crippen molar-refractivity contribution in [1.29, 1.82) is 0 Å². The summed E-state index contributed by atoms with van der Waals surface area (Å²) in [6.45, 7) is 0.492. The van der Waals surface area contributed by atoms with E-state index in [-0.39, 0.29) is 23.2 Å². The second kappa shape index (κ2) is 9.17. The van der Waals surface area contributed by atoms with Gasteiger partial charge in [0.25, 0.3) is 0 Å². The maximum Gasteiger partial charge on any atom is 0.239 e. The van der Waals surface area contributed by atoms with Gasteiger partial charge >= 0.3 is 0 Å². The molecule has 0 aliphatic carbocycles. The number of aromatic amines is 1. The first-order valence-electron chi connectivity index (χ1n) is 9.74. The molecular weight excluding hydrogens is 397 g/mol. The quantitative estimate of drug-likeness (QED) is 0.259. The van der Waals surface area contributed by atoms with E-state index >= 15 is 0 Å². The van der Waals surface area contributed by atoms with Crippen molar-refractivity contribution < 1.29 is 14.3 Å². The van der Waals surface area contributed by atoms with Gasteiger partial charge in [-0.05, 0) is 46.9 Å². The monoisotopic (exact) mass is 417 g/mol. The highest BCUT2D eigenvalue weighted by atomic mass is 19.1. The molecule has 0 unspecified atom stereocenters. The number of aromatic nitrogens is 5. The predicted molar refractivity (Wildman–Crippen MR) is 113 cm³/mol. The van der Waals surface area contributed by atoms with Crippen LogP contribution < -0.4 is 0 Å². The number of nitrogens with one attached hydrogen (secondary N) is 1. The van der Waals surface area contributed by atoms with Crippen molar-refractivity contribution in [3.05, 3.63) is 107 Å². The van der Waals surface area contributed by atoms with Crippen molar-refractivity contribution in [2.45, 2.75) is 19.4 Å². The SMILES string of the molecule is O=C(C=C(O)c1nn[nH]n1)c1cn(Cc2ccc(F)cc2)cc1CCc1ccccc1. The molecule has 31 heavy (non-hydrogen) atoms. The van der Waals surface area contributed by atoms with Crippen molar-refractivity contribution >= 4 is 11.5 Å². The Morgan fingerprint density at radius 3 is 2.52 bits per heavy atom. The number of ketones is 1. The number of aliphatic hydroxyl groups excluding tert-OH is 1. The molecule has 0 amide bonds. The van der Waals surface area contributed by atoms with Crippen molar-refractivity contribution in [3.8, 4) is 0 Å². The van der Waals surface area contributed by atoms with Gasteiger partial charge in [0.15, 0.2) is 11.5 Å². The third kappa shape index (κ3) is 5.11. The van der Waals surface area contributed by atoms with Crippen LogP contribution in [0.25, 0.3) is 5.76 Å². The van der Waals surface area contributed by atoms with Crippen LogP contribution in [0.1, 0.15) is 32.9 Å². The highest BCUT2D eigenvalue weighted by Crippen LogP contribution is 2.19. The number of aryl methyl sites for hydroxylation is 2. The Bertz CT molecular complexity index is 1180. The Labute approximate surface area is 177 Å². The number of hydrogen-bond donors (Lipinski definition) is 2. The number of carbonyl (C=O) groups is 1. The molecule has 7 nitrogen and oxygen atoms in total. The first-order valence-corrected chi connectivity index (χ1v) is 9.74. The van der Waals surface area contributed by atoms with Crippen LogP contribution in [0, 0.1) is 5.82 Å². The zero-order valence-electron chi connectivity index (χ0n) is 16.6. The number of allylic oxidation sites excluding steroid dienone is 1. The first kappa shape index (κ1) is 20.2. The van der Waals surface area contributed by atoms with Crippen LogP contribution in [0.4, 0.5) is 4.39 Å². The van der Waals surface area contributed by atoms with E-state index in [1.54, 1.807) is 18.3 Å². The summed E-state index contributed by atoms with van der Waals surface area (Å²) < 4.78 is 15.1. The molecule has 0 aliphatic heterocycles. The number of hydrogen-bond acceptors (Lipinski definition) is 5. The number of H-pyrrole nitrogens is 1. The summed E-state index contributed by atoms with van der Waals surface area (Å²) in [4.78, 5) is 12.9. The molecule has 4 aromatic rings. The van der Waals surface area contributed by atoms with Gasteiger partial charge in [0.1, 0.15) is 5.82 Å². The van der Waals surface area contributed by atoms with E-state index in [2.05, 4.69) is 20.6 Å². The first-order chi connectivity index (χ1) is 15.1. The highest BCUT2D eigenvalue weighted by molar-refractivity contribution is 6.08. The van der Waals surface area contributed by atoms with Crippen molar-refractivity contribution in [2.24, 2.45) is 0 Å². The van der Waals surface area contributed by atoms with E-state index in [4.69, 9.17) is 0 Å². The summed E-state index contributed by atoms with van der Waals surface area (Å²) in [5.74, 6) is -1.06. The molecule has 8 heteroatoms. The Kier molecular flexibility index (Phi) is 5.98. The van der Waals surface area contributed by atoms with Gasteiger partial charge in [-0.3, -0.25) is 4.79 Å². The van der Waals surface area contributed by atoms with Gasteiger partial charge in [-0.2, -0.15) is 5.21 Å². The third-order valence-electron chi connectivity index (χ3n) is 4.87. The molecule has 0 saturated carbocycles. The maximum absolute atomic E-state index is 13.2. The molecule has 2 heterocycles. The zero-order chi connectivity index (χ0) is 21.6. The molecule has 0 saturated heterocycles. The van der Waals surface area contributed by atoms with E-state index in [1.165, 1.54) is 12.1 Å². The van der Waals surface area contributed by atoms with E-state index in [0.29, 0.717) is 18.5 Å². The minimum absolute atomic E-state index is 0.0510. The second-order valence-corrected chi connectivity index (χ2v) is 7.11. The van der Waals surface area contributed by atoms with Gasteiger partial charge in [-0.25, -0.2) is 4.39 Å². The van der Waals surface area contributed by atoms with Crippen LogP contribution in [0.2, 0.25) is 0 Å². The average molecular weight is 417 g/mol. The fraction of sp³-hybridized carbons (Fsp3) is 0.130. The molecular formula is C23H20FN5O2. The van der Waals surface area contributed by atoms with Gasteiger partial charge in [0.05, 0.1) is 0 Å². The topological polar surface area (TPSA) is 96.7 Å². The van der Waals surface area contributed by atoms with E-state index < -0.39 is 0 Å². The Hall–Kier alpha value is -4.07. The summed E-state index contributed by atoms with van der Waals surface area (Å²) in [5.41, 5.74) is 3.41. The molecule has 2 N–H and O–H groups in total. The summed E-state index contributed by atoms with van der Waals surface area (Å²) in [5, 5.41) is 23.1. The van der Waals surface area contributed by atoms with E-state index in [9.17, 15) is 14.3 Å². The Morgan fingerprint density at radius 2 is 1.81 bits per heavy atom. The lowest BCUT2D eigenvalue weighted by atomic mass is 10.0. The summed E-state index contributed by atoms with van der Waals surface area (Å²) in [6, 6.07) is 16.2. The lowest BCUT2D eigenvalue weighted by Crippen LogP contribution is -2.01. The average Bonchev–Trinajstić information content (AvgIpc) is 3.45. The summed E-state index contributed by atoms with van der Waals surface area (Å²) >= 11 is 0. The fourth-order valence-electron chi connectivity index (χ4n) is 3.33. The van der Waals surface area contributed by atoms with Gasteiger partial charge in [0.2, 0.25) is 5.82 Å². The van der Waals surface area contributed by atoms with Gasteiger partial charge < -0.3 is 9.67 Å². The number of carbonyl (C=O) groups excluding carboxylic acids is 1. The van der Waals surface area contributed by atoms with E-state index in [1.807, 2.05) is 41.1 Å². The van der Waals surface area contributed by atoms with Crippen LogP contribution >= 0.6 is 0 Å². The van der Waals surface area contributed by atoms with Crippen LogP contribution in [-0.2, 0) is 19.4 Å². The largest absolute Gasteiger partial charge is 0.504 e. The normalized spacial score (nSPS) is 11.6. The molecule has 0 bridgehead atoms. The van der Waals surface area contributed by atoms with Crippen LogP contribution in [0.5, 0.6) is 0 Å². The minimum Gasteiger partial charge on any atom is -0.504 e. The third-order valence-corrected chi connectivity index (χ3v) is 4.87. The molecule has 4 rings (SSSR count).